The highest BCUT2D eigenvalue weighted by molar-refractivity contribution is 7.91. The second-order valence-corrected chi connectivity index (χ2v) is 14.0. The third-order valence-electron chi connectivity index (χ3n) is 7.96. The average Bonchev–Trinajstić information content (AvgIpc) is 3.58. The lowest BCUT2D eigenvalue weighted by molar-refractivity contribution is -0.144. The van der Waals surface area contributed by atoms with Gasteiger partial charge in [0.05, 0.1) is 24.2 Å². The number of unbranched alkanes of at least 4 members (excludes halogenated alkanes) is 14. The number of para-hydroxylation sites is 1. The molecule has 2 atom stereocenters. The van der Waals surface area contributed by atoms with Crippen molar-refractivity contribution in [1.82, 2.24) is 20.2 Å². The zero-order valence-electron chi connectivity index (χ0n) is 25.1. The van der Waals surface area contributed by atoms with Gasteiger partial charge in [-0.2, -0.15) is 4.68 Å². The molecule has 3 rings (SSSR count). The maximum Gasteiger partial charge on any atom is 0.272 e. The standard InChI is InChI=1S/C31H52N4O4S/c1-27(29-26-38-31(2,3)39-29)22-18-15-13-11-9-7-5-4-6-8-10-12-14-16-21-25-40(36,37)30-32-33-34-35(30)28-23-19-17-20-24-28/h17,19-20,23-24,27,29H,4-16,18,21-22,25-26H2,1-3H3/t27-,29-/m1/s1. The lowest BCUT2D eigenvalue weighted by Crippen LogP contribution is -2.25. The topological polar surface area (TPSA) is 96.2 Å². The minimum absolute atomic E-state index is 0.0707. The van der Waals surface area contributed by atoms with Gasteiger partial charge in [-0.25, -0.2) is 8.42 Å². The van der Waals surface area contributed by atoms with E-state index in [0.717, 1.165) is 19.4 Å². The van der Waals surface area contributed by atoms with E-state index in [9.17, 15) is 8.42 Å². The van der Waals surface area contributed by atoms with Crippen molar-refractivity contribution in [2.45, 2.75) is 141 Å². The summed E-state index contributed by atoms with van der Waals surface area (Å²) in [6.45, 7) is 7.04. The normalized spacial score (nSPS) is 17.8. The van der Waals surface area contributed by atoms with Gasteiger partial charge in [-0.15, -0.1) is 0 Å². The van der Waals surface area contributed by atoms with Crippen LogP contribution < -0.4 is 0 Å². The number of rotatable bonds is 21. The molecular weight excluding hydrogens is 524 g/mol. The number of hydrogen-bond donors (Lipinski definition) is 0. The van der Waals surface area contributed by atoms with Gasteiger partial charge in [0.2, 0.25) is 9.84 Å². The fourth-order valence-electron chi connectivity index (χ4n) is 5.43. The molecule has 8 nitrogen and oxygen atoms in total. The number of aromatic nitrogens is 4. The van der Waals surface area contributed by atoms with Crippen LogP contribution in [0.4, 0.5) is 0 Å². The second kappa shape index (κ2) is 17.2. The van der Waals surface area contributed by atoms with Crippen molar-refractivity contribution < 1.29 is 17.9 Å². The molecule has 226 valence electrons. The van der Waals surface area contributed by atoms with Crippen LogP contribution in [0.2, 0.25) is 0 Å². The van der Waals surface area contributed by atoms with Crippen molar-refractivity contribution >= 4 is 9.84 Å². The first kappa shape index (κ1) is 32.7. The molecule has 1 aliphatic heterocycles. The van der Waals surface area contributed by atoms with E-state index in [2.05, 4.69) is 22.4 Å². The molecule has 40 heavy (non-hydrogen) atoms. The monoisotopic (exact) mass is 576 g/mol. The fourth-order valence-corrected chi connectivity index (χ4v) is 6.77. The maximum absolute atomic E-state index is 12.8. The molecule has 1 aromatic carbocycles. The fraction of sp³-hybridized carbons (Fsp3) is 0.774. The molecule has 0 unspecified atom stereocenters. The molecule has 0 saturated carbocycles. The van der Waals surface area contributed by atoms with Crippen molar-refractivity contribution in [1.29, 1.82) is 0 Å². The van der Waals surface area contributed by atoms with E-state index in [0.29, 0.717) is 18.0 Å². The predicted molar refractivity (Wildman–Crippen MR) is 159 cm³/mol. The minimum atomic E-state index is -3.51. The summed E-state index contributed by atoms with van der Waals surface area (Å²) in [7, 11) is -3.51. The molecule has 0 amide bonds. The van der Waals surface area contributed by atoms with Crippen molar-refractivity contribution in [2.75, 3.05) is 12.4 Å². The predicted octanol–water partition coefficient (Wildman–Crippen LogP) is 7.47. The van der Waals surface area contributed by atoms with Crippen LogP contribution in [0, 0.1) is 5.92 Å². The molecule has 9 heteroatoms. The van der Waals surface area contributed by atoms with Gasteiger partial charge < -0.3 is 9.47 Å². The van der Waals surface area contributed by atoms with Crippen LogP contribution in [-0.2, 0) is 19.3 Å². The van der Waals surface area contributed by atoms with E-state index in [1.807, 2.05) is 32.0 Å². The van der Waals surface area contributed by atoms with Crippen LogP contribution in [0.25, 0.3) is 5.69 Å². The Morgan fingerprint density at radius 2 is 1.38 bits per heavy atom. The third-order valence-corrected chi connectivity index (χ3v) is 9.59. The Hall–Kier alpha value is -1.84. The molecule has 0 aliphatic carbocycles. The van der Waals surface area contributed by atoms with Gasteiger partial charge in [0, 0.05) is 0 Å². The van der Waals surface area contributed by atoms with Gasteiger partial charge in [-0.1, -0.05) is 120 Å². The van der Waals surface area contributed by atoms with E-state index >= 15 is 0 Å². The molecule has 2 heterocycles. The summed E-state index contributed by atoms with van der Waals surface area (Å²) in [6.07, 6.45) is 19.9. The Morgan fingerprint density at radius 3 is 1.90 bits per heavy atom. The highest BCUT2D eigenvalue weighted by atomic mass is 32.2. The maximum atomic E-state index is 12.8. The van der Waals surface area contributed by atoms with E-state index in [4.69, 9.17) is 9.47 Å². The zero-order chi connectivity index (χ0) is 28.7. The molecule has 1 aromatic heterocycles. The van der Waals surface area contributed by atoms with Crippen molar-refractivity contribution in [3.63, 3.8) is 0 Å². The second-order valence-electron chi connectivity index (χ2n) is 12.0. The van der Waals surface area contributed by atoms with Crippen LogP contribution in [0.3, 0.4) is 0 Å². The van der Waals surface area contributed by atoms with E-state index < -0.39 is 15.6 Å². The Bertz CT molecular complexity index is 1060. The Morgan fingerprint density at radius 1 is 0.850 bits per heavy atom. The van der Waals surface area contributed by atoms with Gasteiger partial charge >= 0.3 is 0 Å². The summed E-state index contributed by atoms with van der Waals surface area (Å²) in [5.41, 5.74) is 0.651. The zero-order valence-corrected chi connectivity index (χ0v) is 25.9. The number of ether oxygens (including phenoxy) is 2. The summed E-state index contributed by atoms with van der Waals surface area (Å²) in [4.78, 5) is 0. The summed E-state index contributed by atoms with van der Waals surface area (Å²) in [5, 5.41) is 11.2. The smallest absolute Gasteiger partial charge is 0.272 e. The van der Waals surface area contributed by atoms with Crippen LogP contribution in [0.15, 0.2) is 35.5 Å². The van der Waals surface area contributed by atoms with Gasteiger partial charge in [-0.05, 0) is 55.2 Å². The van der Waals surface area contributed by atoms with E-state index in [1.165, 1.54) is 88.2 Å². The van der Waals surface area contributed by atoms with Crippen molar-refractivity contribution in [2.24, 2.45) is 5.92 Å². The molecule has 0 spiro atoms. The number of hydrogen-bond acceptors (Lipinski definition) is 7. The summed E-state index contributed by atoms with van der Waals surface area (Å²) in [6, 6.07) is 9.14. The third kappa shape index (κ3) is 11.6. The first-order valence-electron chi connectivity index (χ1n) is 15.7. The number of nitrogens with zero attached hydrogens (tertiary/aromatic N) is 4. The average molecular weight is 577 g/mol. The molecule has 1 fully saturated rings. The Kier molecular flexibility index (Phi) is 14.0. The van der Waals surface area contributed by atoms with E-state index in [1.54, 1.807) is 12.1 Å². The summed E-state index contributed by atoms with van der Waals surface area (Å²) >= 11 is 0. The lowest BCUT2D eigenvalue weighted by atomic mass is 9.97. The summed E-state index contributed by atoms with van der Waals surface area (Å²) < 4.78 is 38.5. The largest absolute Gasteiger partial charge is 0.348 e. The first-order valence-corrected chi connectivity index (χ1v) is 17.3. The Labute approximate surface area is 242 Å². The van der Waals surface area contributed by atoms with Crippen LogP contribution >= 0.6 is 0 Å². The van der Waals surface area contributed by atoms with Crippen LogP contribution in [-0.4, -0.2) is 52.9 Å². The highest BCUT2D eigenvalue weighted by Crippen LogP contribution is 2.29. The number of benzene rings is 1. The molecule has 1 saturated heterocycles. The number of sulfone groups is 1. The lowest BCUT2D eigenvalue weighted by Gasteiger charge is -2.21. The van der Waals surface area contributed by atoms with Crippen LogP contribution in [0.1, 0.15) is 124 Å². The molecule has 0 bridgehead atoms. The molecule has 2 aromatic rings. The quantitative estimate of drug-likeness (QED) is 0.142. The highest BCUT2D eigenvalue weighted by Gasteiger charge is 2.35. The SMILES string of the molecule is C[C@H](CCCCCCCCCCCCCCCCCS(=O)(=O)c1nnnn1-c1ccccc1)[C@H]1COC(C)(C)O1. The number of tetrazole rings is 1. The first-order chi connectivity index (χ1) is 19.3. The minimum Gasteiger partial charge on any atom is -0.348 e. The van der Waals surface area contributed by atoms with Gasteiger partial charge in [0.15, 0.2) is 5.79 Å². The molecule has 0 radical (unpaired) electrons. The molecule has 1 aliphatic rings. The van der Waals surface area contributed by atoms with Gasteiger partial charge in [-0.3, -0.25) is 0 Å². The van der Waals surface area contributed by atoms with Crippen molar-refractivity contribution in [3.05, 3.63) is 30.3 Å². The summed E-state index contributed by atoms with van der Waals surface area (Å²) in [5.74, 6) is 0.261. The van der Waals surface area contributed by atoms with Gasteiger partial charge in [0.1, 0.15) is 0 Å². The van der Waals surface area contributed by atoms with Crippen molar-refractivity contribution in [3.8, 4) is 5.69 Å². The molecular formula is C31H52N4O4S. The van der Waals surface area contributed by atoms with Crippen LogP contribution in [0.5, 0.6) is 0 Å². The van der Waals surface area contributed by atoms with E-state index in [-0.39, 0.29) is 17.0 Å². The molecule has 0 N–H and O–H groups in total. The Balaban J connectivity index is 1.09. The van der Waals surface area contributed by atoms with Gasteiger partial charge in [0.25, 0.3) is 5.16 Å².